The summed E-state index contributed by atoms with van der Waals surface area (Å²) in [5.74, 6) is 0.699. The largest absolute Gasteiger partial charge is 0.393 e. The second kappa shape index (κ2) is 8.78. The molecule has 2 aliphatic rings. The number of nitrogens with zero attached hydrogens (tertiary/aromatic N) is 4. The summed E-state index contributed by atoms with van der Waals surface area (Å²) in [7, 11) is 0. The number of carbonyl (C=O) groups excluding carboxylic acids is 1. The topological polar surface area (TPSA) is 73.0 Å². The van der Waals surface area contributed by atoms with Gasteiger partial charge in [-0.2, -0.15) is 0 Å². The molecule has 0 saturated carbocycles. The number of rotatable bonds is 5. The molecule has 1 aromatic rings. The Morgan fingerprint density at radius 1 is 1.20 bits per heavy atom. The van der Waals surface area contributed by atoms with Crippen molar-refractivity contribution in [2.24, 2.45) is 0 Å². The Kier molecular flexibility index (Phi) is 6.45. The highest BCUT2D eigenvalue weighted by Gasteiger charge is 2.24. The maximum atomic E-state index is 12.7. The average molecular weight is 350 g/mol. The maximum absolute atomic E-state index is 12.7. The Labute approximate surface area is 149 Å². The molecule has 1 N–H and O–H groups in total. The summed E-state index contributed by atoms with van der Waals surface area (Å²) in [5, 5.41) is 13.6. The van der Waals surface area contributed by atoms with Gasteiger partial charge in [0.15, 0.2) is 11.5 Å². The molecule has 0 aromatic carbocycles. The third-order valence-electron chi connectivity index (χ3n) is 5.13. The molecule has 0 radical (unpaired) electrons. The van der Waals surface area contributed by atoms with Gasteiger partial charge < -0.3 is 19.4 Å². The number of aromatic nitrogens is 1. The fourth-order valence-corrected chi connectivity index (χ4v) is 3.66. The summed E-state index contributed by atoms with van der Waals surface area (Å²) in [6.07, 6.45) is 3.56. The Bertz CT molecular complexity index is 554. The normalized spacial score (nSPS) is 21.4. The van der Waals surface area contributed by atoms with Crippen molar-refractivity contribution in [3.8, 4) is 0 Å². The van der Waals surface area contributed by atoms with Crippen molar-refractivity contribution in [1.29, 1.82) is 0 Å². The second-order valence-corrected chi connectivity index (χ2v) is 7.17. The molecular weight excluding hydrogens is 320 g/mol. The Hall–Kier alpha value is -1.44. The van der Waals surface area contributed by atoms with Crippen molar-refractivity contribution < 1.29 is 14.4 Å². The highest BCUT2D eigenvalue weighted by molar-refractivity contribution is 5.92. The van der Waals surface area contributed by atoms with Crippen LogP contribution in [0.5, 0.6) is 0 Å². The van der Waals surface area contributed by atoms with Gasteiger partial charge in [0, 0.05) is 38.8 Å². The van der Waals surface area contributed by atoms with Gasteiger partial charge in [0.05, 0.1) is 12.6 Å². The number of hydrogen-bond acceptors (Lipinski definition) is 6. The zero-order valence-electron chi connectivity index (χ0n) is 15.2. The van der Waals surface area contributed by atoms with E-state index in [4.69, 9.17) is 4.52 Å². The van der Waals surface area contributed by atoms with E-state index < -0.39 is 0 Å². The molecule has 25 heavy (non-hydrogen) atoms. The van der Waals surface area contributed by atoms with Gasteiger partial charge in [-0.3, -0.25) is 9.69 Å². The van der Waals surface area contributed by atoms with Crippen molar-refractivity contribution in [2.75, 3.05) is 45.8 Å². The summed E-state index contributed by atoms with van der Waals surface area (Å²) in [5.41, 5.74) is 0.413. The summed E-state index contributed by atoms with van der Waals surface area (Å²) in [6.45, 7) is 9.17. The van der Waals surface area contributed by atoms with Gasteiger partial charge in [0.25, 0.3) is 5.91 Å². The van der Waals surface area contributed by atoms with E-state index in [1.54, 1.807) is 6.07 Å². The first kappa shape index (κ1) is 18.4. The Morgan fingerprint density at radius 2 is 2.00 bits per heavy atom. The molecule has 1 aromatic heterocycles. The molecule has 3 heterocycles. The number of aliphatic hydroxyl groups is 1. The predicted molar refractivity (Wildman–Crippen MR) is 94.3 cm³/mol. The van der Waals surface area contributed by atoms with E-state index in [1.165, 1.54) is 0 Å². The first-order chi connectivity index (χ1) is 12.2. The van der Waals surface area contributed by atoms with Gasteiger partial charge in [-0.05, 0) is 38.8 Å². The lowest BCUT2D eigenvalue weighted by Gasteiger charge is -2.28. The zero-order chi connectivity index (χ0) is 17.6. The van der Waals surface area contributed by atoms with Gasteiger partial charge in [-0.15, -0.1) is 0 Å². The highest BCUT2D eigenvalue weighted by atomic mass is 16.5. The lowest BCUT2D eigenvalue weighted by molar-refractivity contribution is 0.0736. The summed E-state index contributed by atoms with van der Waals surface area (Å²) >= 11 is 0. The molecule has 1 amide bonds. The molecule has 140 valence electrons. The van der Waals surface area contributed by atoms with Crippen molar-refractivity contribution in [3.63, 3.8) is 0 Å². The van der Waals surface area contributed by atoms with Crippen LogP contribution in [0.15, 0.2) is 10.6 Å². The molecule has 0 unspecified atom stereocenters. The van der Waals surface area contributed by atoms with Gasteiger partial charge >= 0.3 is 0 Å². The van der Waals surface area contributed by atoms with Crippen LogP contribution in [0.4, 0.5) is 0 Å². The lowest BCUT2D eigenvalue weighted by Crippen LogP contribution is -2.35. The van der Waals surface area contributed by atoms with E-state index in [1.807, 2.05) is 4.90 Å². The van der Waals surface area contributed by atoms with Gasteiger partial charge in [-0.1, -0.05) is 12.1 Å². The lowest BCUT2D eigenvalue weighted by atomic mass is 10.1. The fourth-order valence-electron chi connectivity index (χ4n) is 3.66. The van der Waals surface area contributed by atoms with E-state index in [0.717, 1.165) is 77.3 Å². The van der Waals surface area contributed by atoms with Gasteiger partial charge in [0.2, 0.25) is 0 Å². The summed E-state index contributed by atoms with van der Waals surface area (Å²) < 4.78 is 5.39. The quantitative estimate of drug-likeness (QED) is 0.860. The van der Waals surface area contributed by atoms with Crippen LogP contribution in [0.3, 0.4) is 0 Å². The van der Waals surface area contributed by atoms with Crippen LogP contribution in [0.1, 0.15) is 48.9 Å². The summed E-state index contributed by atoms with van der Waals surface area (Å²) in [4.78, 5) is 19.3. The Morgan fingerprint density at radius 3 is 2.76 bits per heavy atom. The first-order valence-electron chi connectivity index (χ1n) is 9.53. The average Bonchev–Trinajstić information content (AvgIpc) is 2.95. The van der Waals surface area contributed by atoms with Crippen LogP contribution in [0.25, 0.3) is 0 Å². The standard InChI is InChI=1S/C18H30N4O3/c1-2-6-20-7-3-8-22(12-11-20)18(24)17-13-16(25-19-17)14-21-9-4-15(23)5-10-21/h13,15,23H,2-12,14H2,1H3. The molecule has 0 atom stereocenters. The third-order valence-corrected chi connectivity index (χ3v) is 5.13. The maximum Gasteiger partial charge on any atom is 0.276 e. The minimum absolute atomic E-state index is 0.0255. The number of likely N-dealkylation sites (tertiary alicyclic amines) is 1. The molecule has 7 nitrogen and oxygen atoms in total. The van der Waals surface area contributed by atoms with E-state index in [0.29, 0.717) is 12.2 Å². The van der Waals surface area contributed by atoms with E-state index in [-0.39, 0.29) is 12.0 Å². The second-order valence-electron chi connectivity index (χ2n) is 7.17. The van der Waals surface area contributed by atoms with Crippen molar-refractivity contribution in [1.82, 2.24) is 19.9 Å². The number of piperidine rings is 1. The molecule has 2 fully saturated rings. The molecule has 0 spiro atoms. The van der Waals surface area contributed by atoms with Crippen LogP contribution in [-0.4, -0.2) is 82.8 Å². The summed E-state index contributed by atoms with van der Waals surface area (Å²) in [6, 6.07) is 1.78. The molecule has 2 saturated heterocycles. The minimum Gasteiger partial charge on any atom is -0.393 e. The van der Waals surface area contributed by atoms with Crippen LogP contribution < -0.4 is 0 Å². The van der Waals surface area contributed by atoms with E-state index >= 15 is 0 Å². The van der Waals surface area contributed by atoms with Crippen LogP contribution in [0, 0.1) is 0 Å². The molecule has 0 bridgehead atoms. The highest BCUT2D eigenvalue weighted by Crippen LogP contribution is 2.16. The number of aliphatic hydroxyl groups excluding tert-OH is 1. The zero-order valence-corrected chi connectivity index (χ0v) is 15.2. The first-order valence-corrected chi connectivity index (χ1v) is 9.53. The van der Waals surface area contributed by atoms with Crippen LogP contribution in [-0.2, 0) is 6.54 Å². The smallest absolute Gasteiger partial charge is 0.276 e. The number of amides is 1. The Balaban J connectivity index is 1.53. The molecule has 3 rings (SSSR count). The van der Waals surface area contributed by atoms with Crippen LogP contribution in [0.2, 0.25) is 0 Å². The van der Waals surface area contributed by atoms with Crippen molar-refractivity contribution in [2.45, 2.75) is 45.3 Å². The fraction of sp³-hybridized carbons (Fsp3) is 0.778. The molecule has 0 aliphatic carbocycles. The molecule has 2 aliphatic heterocycles. The third kappa shape index (κ3) is 5.03. The van der Waals surface area contributed by atoms with Crippen LogP contribution >= 0.6 is 0 Å². The van der Waals surface area contributed by atoms with Crippen molar-refractivity contribution >= 4 is 5.91 Å². The molecular formula is C18H30N4O3. The molecule has 7 heteroatoms. The minimum atomic E-state index is -0.182. The predicted octanol–water partition coefficient (Wildman–Crippen LogP) is 1.19. The van der Waals surface area contributed by atoms with Crippen molar-refractivity contribution in [3.05, 3.63) is 17.5 Å². The van der Waals surface area contributed by atoms with Gasteiger partial charge in [-0.25, -0.2) is 0 Å². The SMILES string of the molecule is CCCN1CCCN(C(=O)c2cc(CN3CCC(O)CC3)on2)CC1. The van der Waals surface area contributed by atoms with E-state index in [9.17, 15) is 9.90 Å². The monoisotopic (exact) mass is 350 g/mol. The number of carbonyl (C=O) groups is 1. The van der Waals surface area contributed by atoms with Gasteiger partial charge in [0.1, 0.15) is 0 Å². The number of hydrogen-bond donors (Lipinski definition) is 1. The van der Waals surface area contributed by atoms with E-state index in [2.05, 4.69) is 21.9 Å².